The molecule has 410 valence electrons. The van der Waals surface area contributed by atoms with Gasteiger partial charge in [-0.3, -0.25) is 14.4 Å². The summed E-state index contributed by atoms with van der Waals surface area (Å²) >= 11 is 0. The van der Waals surface area contributed by atoms with Gasteiger partial charge in [0.15, 0.2) is 12.4 Å². The van der Waals surface area contributed by atoms with Gasteiger partial charge in [-0.15, -0.1) is 0 Å². The normalized spacial score (nSPS) is 31.8. The molecule has 1 amide bonds. The van der Waals surface area contributed by atoms with Crippen LogP contribution in [-0.4, -0.2) is 156 Å². The number of nitrogens with one attached hydrogen (secondary N) is 1. The van der Waals surface area contributed by atoms with E-state index in [0.717, 1.165) is 36.5 Å². The van der Waals surface area contributed by atoms with Crippen molar-refractivity contribution < 1.29 is 77.9 Å². The van der Waals surface area contributed by atoms with E-state index in [0.29, 0.717) is 31.4 Å². The first-order valence-corrected chi connectivity index (χ1v) is 25.9. The lowest BCUT2D eigenvalue weighted by atomic mass is 9.68. The molecular weight excluding hydrogens is 945 g/mol. The van der Waals surface area contributed by atoms with Crippen LogP contribution < -0.4 is 11.1 Å². The van der Waals surface area contributed by atoms with E-state index in [9.17, 15) is 44.7 Å². The van der Waals surface area contributed by atoms with Crippen molar-refractivity contribution in [2.24, 2.45) is 40.7 Å². The molecule has 1 saturated carbocycles. The first-order valence-electron chi connectivity index (χ1n) is 25.9. The number of rotatable bonds is 24. The Morgan fingerprint density at radius 1 is 0.973 bits per heavy atom. The van der Waals surface area contributed by atoms with Gasteiger partial charge in [0, 0.05) is 44.2 Å². The van der Waals surface area contributed by atoms with E-state index in [4.69, 9.17) is 38.9 Å². The zero-order valence-corrected chi connectivity index (χ0v) is 44.4. The summed E-state index contributed by atoms with van der Waals surface area (Å²) in [5.41, 5.74) is 7.39. The van der Waals surface area contributed by atoms with Gasteiger partial charge in [-0.1, -0.05) is 87.4 Å². The lowest BCUT2D eigenvalue weighted by Gasteiger charge is -2.47. The molecular formula is C55H84N2O16. The Bertz CT molecular complexity index is 2090. The largest absolute Gasteiger partial charge is 0.465 e. The van der Waals surface area contributed by atoms with Crippen LogP contribution in [0.5, 0.6) is 0 Å². The topological polar surface area (TPSA) is 272 Å². The molecule has 3 aliphatic carbocycles. The summed E-state index contributed by atoms with van der Waals surface area (Å²) in [6, 6.07) is 7.38. The number of nitrogens with two attached hydrogens (primary N) is 1. The van der Waals surface area contributed by atoms with E-state index in [1.807, 2.05) is 71.0 Å². The van der Waals surface area contributed by atoms with Crippen molar-refractivity contribution in [2.45, 2.75) is 180 Å². The number of aliphatic hydroxyl groups is 5. The molecule has 5 rings (SSSR count). The highest BCUT2D eigenvalue weighted by Crippen LogP contribution is 2.56. The van der Waals surface area contributed by atoms with Gasteiger partial charge in [0.2, 0.25) is 0 Å². The quantitative estimate of drug-likeness (QED) is 0.0336. The number of hydrogen-bond donors (Lipinski definition) is 7. The fraction of sp³-hybridized carbons (Fsp3) is 0.709. The zero-order valence-electron chi connectivity index (χ0n) is 44.4. The van der Waals surface area contributed by atoms with Crippen LogP contribution in [-0.2, 0) is 58.8 Å². The maximum atomic E-state index is 13.2. The van der Waals surface area contributed by atoms with E-state index < -0.39 is 108 Å². The predicted octanol–water partition coefficient (Wildman–Crippen LogP) is 3.76. The second-order valence-corrected chi connectivity index (χ2v) is 21.7. The summed E-state index contributed by atoms with van der Waals surface area (Å²) in [5.74, 6) is -3.36. The summed E-state index contributed by atoms with van der Waals surface area (Å²) in [6.07, 6.45) is -3.43. The number of carbonyl (C=O) groups excluding carboxylic acids is 4. The van der Waals surface area contributed by atoms with E-state index in [1.165, 1.54) is 6.92 Å². The third-order valence-electron chi connectivity index (χ3n) is 14.9. The average Bonchev–Trinajstić information content (AvgIpc) is 3.83. The molecule has 18 heteroatoms. The van der Waals surface area contributed by atoms with Crippen molar-refractivity contribution in [1.29, 1.82) is 0 Å². The summed E-state index contributed by atoms with van der Waals surface area (Å²) in [4.78, 5) is 50.5. The van der Waals surface area contributed by atoms with Gasteiger partial charge in [0.25, 0.3) is 5.91 Å². The fourth-order valence-corrected chi connectivity index (χ4v) is 10.8. The summed E-state index contributed by atoms with van der Waals surface area (Å²) < 4.78 is 41.5. The minimum absolute atomic E-state index is 0.0140. The molecule has 1 aromatic carbocycles. The van der Waals surface area contributed by atoms with Crippen molar-refractivity contribution in [2.75, 3.05) is 33.5 Å². The highest BCUT2D eigenvalue weighted by Gasteiger charge is 2.56. The standard InChI is InChI=1S/C55H84N2O16/c1-30(2)23-41(57-51(65)46(62)40(56)24-35-17-13-11-14-18-35)52(66)68-22-16-12-15-21-54(7,8)70-29-42-47(63)50(71-34(6)59)48(64)53(72-42)73-49-44-38(31(3)27-69-33(5)58)25-43(60)55(44,9)26-39-36(28-67-10)19-20-37(39)32(4)45(49)61/h11,13-15,17-18,21,26,30-32,36-37,40-43,45-50,53,60-64H,12,16,19-20,22-25,27-29,56H2,1-10H3,(H,57,65)/b21-15+,39-26-/t31-,32-,36-,37+,40-,41+,42?,43+,45-,46+,47?,48?,49-,50?,53?,55+/m1/s1. The van der Waals surface area contributed by atoms with Crippen molar-refractivity contribution in [1.82, 2.24) is 5.32 Å². The molecule has 1 heterocycles. The van der Waals surface area contributed by atoms with E-state index in [-0.39, 0.29) is 56.3 Å². The molecule has 2 fully saturated rings. The Morgan fingerprint density at radius 3 is 2.32 bits per heavy atom. The Hall–Kier alpha value is -4.08. The van der Waals surface area contributed by atoms with Gasteiger partial charge in [-0.2, -0.15) is 0 Å². The zero-order chi connectivity index (χ0) is 53.9. The second-order valence-electron chi connectivity index (χ2n) is 21.7. The van der Waals surface area contributed by atoms with Gasteiger partial charge in [0.1, 0.15) is 36.6 Å². The van der Waals surface area contributed by atoms with Crippen LogP contribution in [0.3, 0.4) is 0 Å². The van der Waals surface area contributed by atoms with Crippen LogP contribution in [0.2, 0.25) is 0 Å². The molecule has 0 aromatic heterocycles. The fourth-order valence-electron chi connectivity index (χ4n) is 10.8. The number of esters is 3. The maximum absolute atomic E-state index is 13.2. The molecule has 0 spiro atoms. The molecule has 16 atom stereocenters. The van der Waals surface area contributed by atoms with E-state index in [1.54, 1.807) is 27.0 Å². The molecule has 73 heavy (non-hydrogen) atoms. The van der Waals surface area contributed by atoms with Gasteiger partial charge in [-0.25, -0.2) is 4.79 Å². The molecule has 18 nitrogen and oxygen atoms in total. The van der Waals surface area contributed by atoms with E-state index in [2.05, 4.69) is 11.4 Å². The van der Waals surface area contributed by atoms with E-state index >= 15 is 0 Å². The molecule has 1 saturated heterocycles. The highest BCUT2D eigenvalue weighted by atomic mass is 16.7. The van der Waals surface area contributed by atoms with Crippen LogP contribution in [0.15, 0.2) is 65.3 Å². The van der Waals surface area contributed by atoms with Crippen molar-refractivity contribution in [3.05, 3.63) is 70.8 Å². The smallest absolute Gasteiger partial charge is 0.328 e. The van der Waals surface area contributed by atoms with Crippen molar-refractivity contribution in [3.8, 4) is 0 Å². The minimum atomic E-state index is -1.72. The molecule has 8 N–H and O–H groups in total. The number of ether oxygens (including phenoxy) is 7. The van der Waals surface area contributed by atoms with Crippen molar-refractivity contribution in [3.63, 3.8) is 0 Å². The number of aliphatic hydroxyl groups excluding tert-OH is 5. The Morgan fingerprint density at radius 2 is 1.67 bits per heavy atom. The Labute approximate surface area is 431 Å². The Balaban J connectivity index is 1.26. The lowest BCUT2D eigenvalue weighted by Crippen LogP contribution is -2.62. The van der Waals surface area contributed by atoms with Crippen LogP contribution >= 0.6 is 0 Å². The minimum Gasteiger partial charge on any atom is -0.465 e. The Kier molecular flexibility index (Phi) is 21.8. The lowest BCUT2D eigenvalue weighted by molar-refractivity contribution is -0.320. The van der Waals surface area contributed by atoms with Gasteiger partial charge in [-0.05, 0) is 94.6 Å². The molecule has 5 unspecified atom stereocenters. The van der Waals surface area contributed by atoms with Crippen LogP contribution in [0.1, 0.15) is 106 Å². The number of fused-ring (bicyclic) bond motifs is 2. The number of hydrogen-bond acceptors (Lipinski definition) is 17. The average molecular weight is 1030 g/mol. The first-order chi connectivity index (χ1) is 34.4. The van der Waals surface area contributed by atoms with Gasteiger partial charge < -0.3 is 69.7 Å². The number of carbonyl (C=O) groups is 4. The molecule has 0 bridgehead atoms. The molecule has 4 aliphatic rings. The van der Waals surface area contributed by atoms with Crippen LogP contribution in [0.25, 0.3) is 0 Å². The van der Waals surface area contributed by atoms with Crippen molar-refractivity contribution >= 4 is 23.8 Å². The second kappa shape index (κ2) is 26.6. The number of benzene rings is 1. The number of methoxy groups -OCH3 is 1. The summed E-state index contributed by atoms with van der Waals surface area (Å²) in [7, 11) is 1.65. The third kappa shape index (κ3) is 15.5. The molecule has 1 aromatic rings. The maximum Gasteiger partial charge on any atom is 0.328 e. The van der Waals surface area contributed by atoms with Gasteiger partial charge >= 0.3 is 17.9 Å². The monoisotopic (exact) mass is 1030 g/mol. The van der Waals surface area contributed by atoms with Crippen LogP contribution in [0, 0.1) is 35.0 Å². The summed E-state index contributed by atoms with van der Waals surface area (Å²) in [6.45, 7) is 15.9. The van der Waals surface area contributed by atoms with Gasteiger partial charge in [0.05, 0.1) is 44.2 Å². The third-order valence-corrected chi connectivity index (χ3v) is 14.9. The molecule has 1 aliphatic heterocycles. The predicted molar refractivity (Wildman–Crippen MR) is 269 cm³/mol. The number of amides is 1. The molecule has 0 radical (unpaired) electrons. The number of allylic oxidation sites excluding steroid dienone is 1. The first kappa shape index (κ1) is 59.8. The van der Waals surface area contributed by atoms with Crippen LogP contribution in [0.4, 0.5) is 0 Å². The highest BCUT2D eigenvalue weighted by molar-refractivity contribution is 5.87. The summed E-state index contributed by atoms with van der Waals surface area (Å²) in [5, 5.41) is 61.2. The number of unbranched alkanes of at least 4 members (excludes halogenated alkanes) is 1. The SMILES string of the molecule is COC[C@H]1CC[C@@H]2/C1=C\[C@]1(C)C(=C([C@H](C)COC(C)=O)C[C@@H]1O)[C@@H](OC1OC(COC(C)(C)/C=C/CCCOC(=O)[C@H](CC(C)C)NC(=O)[C@@H](O)[C@H](N)Cc3ccccc3)C(O)C(OC(C)=O)C1O)[C@H](O)[C@@H]2C.